The first-order valence-corrected chi connectivity index (χ1v) is 9.36. The Bertz CT molecular complexity index is 689. The largest absolute Gasteiger partial charge is 0.324 e. The zero-order valence-electron chi connectivity index (χ0n) is 13.7. The van der Waals surface area contributed by atoms with Crippen molar-refractivity contribution < 1.29 is 9.72 Å². The van der Waals surface area contributed by atoms with Gasteiger partial charge in [0.25, 0.3) is 0 Å². The summed E-state index contributed by atoms with van der Waals surface area (Å²) in [5, 5.41) is 15.1. The van der Waals surface area contributed by atoms with Crippen LogP contribution in [-0.4, -0.2) is 16.5 Å². The van der Waals surface area contributed by atoms with Gasteiger partial charge in [-0.1, -0.05) is 11.3 Å². The number of nitrogens with zero attached hydrogens (tertiary/aromatic N) is 2. The van der Waals surface area contributed by atoms with Gasteiger partial charge < -0.3 is 0 Å². The Morgan fingerprint density at radius 2 is 1.83 bits per heavy atom. The van der Waals surface area contributed by atoms with Crippen LogP contribution in [-0.2, 0) is 4.79 Å². The number of thiophene rings is 1. The second-order valence-electron chi connectivity index (χ2n) is 7.73. The second-order valence-corrected chi connectivity index (χ2v) is 8.79. The lowest BCUT2D eigenvalue weighted by atomic mass is 9.49. The molecule has 1 aromatic rings. The van der Waals surface area contributed by atoms with E-state index in [9.17, 15) is 14.9 Å². The molecular formula is C17H21N3O3S. The highest BCUT2D eigenvalue weighted by Gasteiger charge is 2.54. The fraction of sp³-hybridized carbons (Fsp3) is 0.647. The van der Waals surface area contributed by atoms with Crippen LogP contribution < -0.4 is 5.43 Å². The quantitative estimate of drug-likeness (QED) is 0.512. The number of rotatable bonds is 4. The Morgan fingerprint density at radius 3 is 2.33 bits per heavy atom. The normalized spacial score (nSPS) is 34.4. The summed E-state index contributed by atoms with van der Waals surface area (Å²) in [7, 11) is 0. The highest BCUT2D eigenvalue weighted by molar-refractivity contribution is 7.17. The molecule has 128 valence electrons. The molecule has 0 saturated heterocycles. The van der Waals surface area contributed by atoms with Crippen LogP contribution in [0.15, 0.2) is 17.2 Å². The molecule has 0 spiro atoms. The molecule has 1 aromatic heterocycles. The SMILES string of the molecule is C/C(=N\NC(=O)C12CC3CC(CC(C3)C1)C2)c1ccc([N+](=O)[O-])s1. The Hall–Kier alpha value is -1.76. The smallest absolute Gasteiger partial charge is 0.273 e. The van der Waals surface area contributed by atoms with Gasteiger partial charge in [-0.2, -0.15) is 5.10 Å². The molecule has 0 radical (unpaired) electrons. The number of carbonyl (C=O) groups excluding carboxylic acids is 1. The Morgan fingerprint density at radius 1 is 1.25 bits per heavy atom. The standard InChI is InChI=1S/C17H21N3O3S/c1-10(14-2-3-15(24-14)20(22)23)18-19-16(21)17-7-11-4-12(8-17)6-13(5-11)9-17/h2-3,11-13H,4-9H2,1H3,(H,19,21)/b18-10+. The molecule has 7 heteroatoms. The maximum atomic E-state index is 12.8. The van der Waals surface area contributed by atoms with E-state index in [1.807, 2.05) is 0 Å². The average Bonchev–Trinajstić information content (AvgIpc) is 3.01. The molecule has 0 atom stereocenters. The Kier molecular flexibility index (Phi) is 3.71. The Balaban J connectivity index is 1.47. The Labute approximate surface area is 144 Å². The summed E-state index contributed by atoms with van der Waals surface area (Å²) in [5.74, 6) is 2.19. The van der Waals surface area contributed by atoms with Gasteiger partial charge in [0.2, 0.25) is 5.91 Å². The lowest BCUT2D eigenvalue weighted by Crippen LogP contribution is -2.52. The van der Waals surface area contributed by atoms with Crippen molar-refractivity contribution >= 4 is 28.0 Å². The fourth-order valence-corrected chi connectivity index (χ4v) is 6.08. The maximum absolute atomic E-state index is 12.8. The highest BCUT2D eigenvalue weighted by atomic mass is 32.1. The lowest BCUT2D eigenvalue weighted by Gasteiger charge is -2.55. The summed E-state index contributed by atoms with van der Waals surface area (Å²) in [6.07, 6.45) is 6.91. The number of hydrazone groups is 1. The van der Waals surface area contributed by atoms with E-state index in [1.165, 1.54) is 25.3 Å². The molecule has 1 amide bonds. The molecule has 4 saturated carbocycles. The van der Waals surface area contributed by atoms with Crippen LogP contribution in [0.1, 0.15) is 50.3 Å². The van der Waals surface area contributed by atoms with Crippen molar-refractivity contribution in [2.75, 3.05) is 0 Å². The molecule has 24 heavy (non-hydrogen) atoms. The molecule has 4 bridgehead atoms. The first kappa shape index (κ1) is 15.7. The number of hydrogen-bond donors (Lipinski definition) is 1. The predicted molar refractivity (Wildman–Crippen MR) is 91.9 cm³/mol. The summed E-state index contributed by atoms with van der Waals surface area (Å²) < 4.78 is 0. The first-order chi connectivity index (χ1) is 11.4. The molecule has 4 fully saturated rings. The van der Waals surface area contributed by atoms with E-state index < -0.39 is 4.92 Å². The van der Waals surface area contributed by atoms with Crippen LogP contribution >= 0.6 is 11.3 Å². The van der Waals surface area contributed by atoms with E-state index in [0.29, 0.717) is 28.3 Å². The van der Waals surface area contributed by atoms with Crippen LogP contribution in [0.25, 0.3) is 0 Å². The van der Waals surface area contributed by atoms with Crippen molar-refractivity contribution in [1.82, 2.24) is 5.43 Å². The van der Waals surface area contributed by atoms with Gasteiger partial charge in [-0.3, -0.25) is 14.9 Å². The van der Waals surface area contributed by atoms with Gasteiger partial charge >= 0.3 is 5.00 Å². The van der Waals surface area contributed by atoms with Crippen LogP contribution in [0.3, 0.4) is 0 Å². The van der Waals surface area contributed by atoms with Gasteiger partial charge in [-0.15, -0.1) is 0 Å². The highest BCUT2D eigenvalue weighted by Crippen LogP contribution is 2.60. The molecule has 4 aliphatic carbocycles. The first-order valence-electron chi connectivity index (χ1n) is 8.54. The van der Waals surface area contributed by atoms with Crippen molar-refractivity contribution in [1.29, 1.82) is 0 Å². The van der Waals surface area contributed by atoms with Crippen LogP contribution in [0.5, 0.6) is 0 Å². The van der Waals surface area contributed by atoms with Crippen molar-refractivity contribution in [2.24, 2.45) is 28.3 Å². The zero-order valence-corrected chi connectivity index (χ0v) is 14.5. The number of amides is 1. The van der Waals surface area contributed by atoms with Crippen LogP contribution in [0.4, 0.5) is 5.00 Å². The van der Waals surface area contributed by atoms with E-state index in [1.54, 1.807) is 13.0 Å². The van der Waals surface area contributed by atoms with E-state index in [4.69, 9.17) is 0 Å². The average molecular weight is 347 g/mol. The molecular weight excluding hydrogens is 326 g/mol. The van der Waals surface area contributed by atoms with Gasteiger partial charge in [0.05, 0.1) is 20.9 Å². The van der Waals surface area contributed by atoms with Gasteiger partial charge in [0.1, 0.15) is 0 Å². The number of nitro groups is 1. The van der Waals surface area contributed by atoms with E-state index in [0.717, 1.165) is 30.6 Å². The molecule has 4 aliphatic rings. The summed E-state index contributed by atoms with van der Waals surface area (Å²) in [4.78, 5) is 23.9. The summed E-state index contributed by atoms with van der Waals surface area (Å²) in [5.41, 5.74) is 3.16. The summed E-state index contributed by atoms with van der Waals surface area (Å²) >= 11 is 1.08. The predicted octanol–water partition coefficient (Wildman–Crippen LogP) is 3.71. The minimum atomic E-state index is -0.407. The monoisotopic (exact) mass is 347 g/mol. The van der Waals surface area contributed by atoms with E-state index >= 15 is 0 Å². The number of hydrogen-bond acceptors (Lipinski definition) is 5. The zero-order chi connectivity index (χ0) is 16.9. The molecule has 1 heterocycles. The van der Waals surface area contributed by atoms with Crippen molar-refractivity contribution in [3.8, 4) is 0 Å². The topological polar surface area (TPSA) is 84.6 Å². The van der Waals surface area contributed by atoms with Gasteiger partial charge in [-0.05, 0) is 69.3 Å². The lowest BCUT2D eigenvalue weighted by molar-refractivity contribution is -0.380. The minimum Gasteiger partial charge on any atom is -0.273 e. The van der Waals surface area contributed by atoms with Crippen molar-refractivity contribution in [2.45, 2.75) is 45.4 Å². The maximum Gasteiger partial charge on any atom is 0.324 e. The molecule has 6 nitrogen and oxygen atoms in total. The molecule has 1 N–H and O–H groups in total. The van der Waals surface area contributed by atoms with Crippen molar-refractivity contribution in [3.63, 3.8) is 0 Å². The third kappa shape index (κ3) is 2.64. The van der Waals surface area contributed by atoms with E-state index in [2.05, 4.69) is 10.5 Å². The van der Waals surface area contributed by atoms with E-state index in [-0.39, 0.29) is 16.3 Å². The summed E-state index contributed by atoms with van der Waals surface area (Å²) in [6, 6.07) is 3.15. The molecule has 0 aromatic carbocycles. The minimum absolute atomic E-state index is 0.0482. The third-order valence-corrected chi connectivity index (χ3v) is 7.12. The number of nitrogens with one attached hydrogen (secondary N) is 1. The van der Waals surface area contributed by atoms with Crippen molar-refractivity contribution in [3.05, 3.63) is 27.1 Å². The van der Waals surface area contributed by atoms with Gasteiger partial charge in [-0.25, -0.2) is 5.43 Å². The number of carbonyl (C=O) groups is 1. The third-order valence-electron chi connectivity index (χ3n) is 5.97. The van der Waals surface area contributed by atoms with Crippen LogP contribution in [0, 0.1) is 33.3 Å². The van der Waals surface area contributed by atoms with Gasteiger partial charge in [0, 0.05) is 6.07 Å². The molecule has 0 unspecified atom stereocenters. The molecule has 0 aliphatic heterocycles. The summed E-state index contributed by atoms with van der Waals surface area (Å²) in [6.45, 7) is 1.77. The van der Waals surface area contributed by atoms with Crippen LogP contribution in [0.2, 0.25) is 0 Å². The van der Waals surface area contributed by atoms with Gasteiger partial charge in [0.15, 0.2) is 0 Å². The second kappa shape index (κ2) is 5.65. The molecule has 5 rings (SSSR count). The fourth-order valence-electron chi connectivity index (χ4n) is 5.32.